The van der Waals surface area contributed by atoms with E-state index in [4.69, 9.17) is 4.74 Å². The number of carbonyl (C=O) groups excluding carboxylic acids is 2. The molecule has 1 fully saturated rings. The minimum Gasteiger partial charge on any atom is -0.496 e. The fourth-order valence-corrected chi connectivity index (χ4v) is 3.50. The molecule has 5 nitrogen and oxygen atoms in total. The number of piperidine rings is 1. The maximum Gasteiger partial charge on any atom is 0.254 e. The fraction of sp³-hybridized carbons (Fsp3) is 0.400. The first-order valence-electron chi connectivity index (χ1n) is 8.78. The summed E-state index contributed by atoms with van der Waals surface area (Å²) in [7, 11) is 1.63. The Morgan fingerprint density at radius 3 is 2.68 bits per heavy atom. The smallest absolute Gasteiger partial charge is 0.254 e. The van der Waals surface area contributed by atoms with Crippen LogP contribution >= 0.6 is 0 Å². The number of likely N-dealkylation sites (tertiary alicyclic amines) is 1. The monoisotopic (exact) mass is 340 g/mol. The Bertz CT molecular complexity index is 788. The van der Waals surface area contributed by atoms with Gasteiger partial charge in [0.1, 0.15) is 5.75 Å². The van der Waals surface area contributed by atoms with Crippen LogP contribution in [0.1, 0.15) is 30.1 Å². The third-order valence-electron chi connectivity index (χ3n) is 4.76. The summed E-state index contributed by atoms with van der Waals surface area (Å²) in [4.78, 5) is 27.0. The molecule has 1 atom stereocenters. The highest BCUT2D eigenvalue weighted by molar-refractivity contribution is 6.08. The Labute approximate surface area is 148 Å². The summed E-state index contributed by atoms with van der Waals surface area (Å²) in [6.07, 6.45) is 1.68. The largest absolute Gasteiger partial charge is 0.496 e. The minimum absolute atomic E-state index is 0.0205. The van der Waals surface area contributed by atoms with Crippen molar-refractivity contribution in [2.45, 2.75) is 19.8 Å². The summed E-state index contributed by atoms with van der Waals surface area (Å²) in [5, 5.41) is 4.67. The quantitative estimate of drug-likeness (QED) is 0.931. The molecule has 1 aliphatic heterocycles. The van der Waals surface area contributed by atoms with E-state index in [9.17, 15) is 9.59 Å². The number of rotatable bonds is 4. The number of hydrogen-bond acceptors (Lipinski definition) is 3. The molecule has 1 N–H and O–H groups in total. The van der Waals surface area contributed by atoms with E-state index in [2.05, 4.69) is 5.32 Å². The third kappa shape index (κ3) is 3.45. The number of methoxy groups -OCH3 is 1. The zero-order valence-electron chi connectivity index (χ0n) is 14.7. The highest BCUT2D eigenvalue weighted by Gasteiger charge is 2.29. The van der Waals surface area contributed by atoms with Gasteiger partial charge in [-0.05, 0) is 37.3 Å². The predicted molar refractivity (Wildman–Crippen MR) is 97.8 cm³/mol. The maximum atomic E-state index is 13.1. The van der Waals surface area contributed by atoms with E-state index in [-0.39, 0.29) is 17.7 Å². The average Bonchev–Trinajstić information content (AvgIpc) is 2.67. The van der Waals surface area contributed by atoms with Crippen LogP contribution in [0.4, 0.5) is 0 Å². The molecule has 1 saturated heterocycles. The van der Waals surface area contributed by atoms with E-state index in [0.29, 0.717) is 25.2 Å². The highest BCUT2D eigenvalue weighted by atomic mass is 16.5. The molecule has 0 radical (unpaired) electrons. The molecule has 3 rings (SSSR count). The molecule has 0 unspecified atom stereocenters. The molecule has 1 aliphatic rings. The zero-order valence-corrected chi connectivity index (χ0v) is 14.7. The number of ether oxygens (including phenoxy) is 1. The Kier molecular flexibility index (Phi) is 5.22. The SMILES string of the molecule is CCNC(=O)[C@H]1CCCN(C(=O)c2ccc(OC)c3ccccc23)C1. The summed E-state index contributed by atoms with van der Waals surface area (Å²) in [5.41, 5.74) is 0.660. The molecule has 2 amide bonds. The van der Waals surface area contributed by atoms with Crippen LogP contribution in [-0.4, -0.2) is 43.5 Å². The topological polar surface area (TPSA) is 58.6 Å². The van der Waals surface area contributed by atoms with E-state index in [0.717, 1.165) is 29.4 Å². The first-order chi connectivity index (χ1) is 12.2. The van der Waals surface area contributed by atoms with Crippen LogP contribution in [0.3, 0.4) is 0 Å². The molecule has 1 heterocycles. The van der Waals surface area contributed by atoms with Crippen molar-refractivity contribution in [3.63, 3.8) is 0 Å². The summed E-state index contributed by atoms with van der Waals surface area (Å²) in [6.45, 7) is 3.69. The Morgan fingerprint density at radius 2 is 1.96 bits per heavy atom. The first-order valence-corrected chi connectivity index (χ1v) is 8.78. The van der Waals surface area contributed by atoms with Gasteiger partial charge in [0.05, 0.1) is 13.0 Å². The molecule has 0 aromatic heterocycles. The molecule has 2 aromatic carbocycles. The second kappa shape index (κ2) is 7.55. The van der Waals surface area contributed by atoms with Gasteiger partial charge in [0, 0.05) is 30.6 Å². The lowest BCUT2D eigenvalue weighted by molar-refractivity contribution is -0.126. The maximum absolute atomic E-state index is 13.1. The van der Waals surface area contributed by atoms with E-state index in [1.807, 2.05) is 43.3 Å². The molecule has 2 aromatic rings. The van der Waals surface area contributed by atoms with Gasteiger partial charge in [-0.15, -0.1) is 0 Å². The second-order valence-electron chi connectivity index (χ2n) is 6.35. The number of nitrogens with zero attached hydrogens (tertiary/aromatic N) is 1. The fourth-order valence-electron chi connectivity index (χ4n) is 3.50. The van der Waals surface area contributed by atoms with Crippen molar-refractivity contribution in [2.24, 2.45) is 5.92 Å². The third-order valence-corrected chi connectivity index (χ3v) is 4.76. The van der Waals surface area contributed by atoms with E-state index >= 15 is 0 Å². The van der Waals surface area contributed by atoms with Crippen LogP contribution in [-0.2, 0) is 4.79 Å². The Hall–Kier alpha value is -2.56. The van der Waals surface area contributed by atoms with Crippen molar-refractivity contribution >= 4 is 22.6 Å². The van der Waals surface area contributed by atoms with Gasteiger partial charge >= 0.3 is 0 Å². The Morgan fingerprint density at radius 1 is 1.20 bits per heavy atom. The highest BCUT2D eigenvalue weighted by Crippen LogP contribution is 2.30. The molecule has 0 saturated carbocycles. The van der Waals surface area contributed by atoms with Gasteiger partial charge in [-0.25, -0.2) is 0 Å². The van der Waals surface area contributed by atoms with Crippen molar-refractivity contribution < 1.29 is 14.3 Å². The normalized spacial score (nSPS) is 17.4. The summed E-state index contributed by atoms with van der Waals surface area (Å²) >= 11 is 0. The van der Waals surface area contributed by atoms with Gasteiger partial charge < -0.3 is 15.0 Å². The van der Waals surface area contributed by atoms with E-state index < -0.39 is 0 Å². The lowest BCUT2D eigenvalue weighted by Gasteiger charge is -2.32. The lowest BCUT2D eigenvalue weighted by Crippen LogP contribution is -2.45. The number of hydrogen-bond donors (Lipinski definition) is 1. The summed E-state index contributed by atoms with van der Waals surface area (Å²) in [6, 6.07) is 11.4. The predicted octanol–water partition coefficient (Wildman–Crippen LogP) is 2.84. The number of nitrogens with one attached hydrogen (secondary N) is 1. The van der Waals surface area contributed by atoms with Crippen LogP contribution in [0.2, 0.25) is 0 Å². The van der Waals surface area contributed by atoms with Crippen LogP contribution in [0.25, 0.3) is 10.8 Å². The summed E-state index contributed by atoms with van der Waals surface area (Å²) < 4.78 is 5.41. The molecule has 0 spiro atoms. The molecule has 0 aliphatic carbocycles. The van der Waals surface area contributed by atoms with Crippen LogP contribution in [0, 0.1) is 5.92 Å². The summed E-state index contributed by atoms with van der Waals surface area (Å²) in [5.74, 6) is 0.653. The number of fused-ring (bicyclic) bond motifs is 1. The molecular weight excluding hydrogens is 316 g/mol. The number of amides is 2. The van der Waals surface area contributed by atoms with Gasteiger partial charge in [0.2, 0.25) is 5.91 Å². The number of carbonyl (C=O) groups is 2. The second-order valence-corrected chi connectivity index (χ2v) is 6.35. The Balaban J connectivity index is 1.88. The molecule has 25 heavy (non-hydrogen) atoms. The van der Waals surface area contributed by atoms with Gasteiger partial charge in [-0.2, -0.15) is 0 Å². The van der Waals surface area contributed by atoms with Crippen LogP contribution in [0.5, 0.6) is 5.75 Å². The minimum atomic E-state index is -0.123. The van der Waals surface area contributed by atoms with Crippen molar-refractivity contribution in [1.82, 2.24) is 10.2 Å². The lowest BCUT2D eigenvalue weighted by atomic mass is 9.95. The standard InChI is InChI=1S/C20H24N2O3/c1-3-21-19(23)14-7-6-12-22(13-14)20(24)17-10-11-18(25-2)16-9-5-4-8-15(16)17/h4-5,8-11,14H,3,6-7,12-13H2,1-2H3,(H,21,23)/t14-/m0/s1. The van der Waals surface area contributed by atoms with E-state index in [1.165, 1.54) is 0 Å². The van der Waals surface area contributed by atoms with Gasteiger partial charge in [0.25, 0.3) is 5.91 Å². The number of benzene rings is 2. The molecule has 5 heteroatoms. The molecular formula is C20H24N2O3. The average molecular weight is 340 g/mol. The van der Waals surface area contributed by atoms with Crippen LogP contribution in [0.15, 0.2) is 36.4 Å². The van der Waals surface area contributed by atoms with E-state index in [1.54, 1.807) is 12.0 Å². The molecule has 0 bridgehead atoms. The van der Waals surface area contributed by atoms with Crippen molar-refractivity contribution in [3.05, 3.63) is 42.0 Å². The van der Waals surface area contributed by atoms with Crippen molar-refractivity contribution in [3.8, 4) is 5.75 Å². The van der Waals surface area contributed by atoms with Crippen molar-refractivity contribution in [1.29, 1.82) is 0 Å². The van der Waals surface area contributed by atoms with Crippen molar-refractivity contribution in [2.75, 3.05) is 26.7 Å². The van der Waals surface area contributed by atoms with Gasteiger partial charge in [-0.3, -0.25) is 9.59 Å². The first kappa shape index (κ1) is 17.3. The molecule has 132 valence electrons. The van der Waals surface area contributed by atoms with Gasteiger partial charge in [0.15, 0.2) is 0 Å². The van der Waals surface area contributed by atoms with Crippen LogP contribution < -0.4 is 10.1 Å². The zero-order chi connectivity index (χ0) is 17.8. The van der Waals surface area contributed by atoms with Gasteiger partial charge in [-0.1, -0.05) is 24.3 Å².